The average molecular weight is 198 g/mol. The van der Waals surface area contributed by atoms with Gasteiger partial charge in [-0.25, -0.2) is 0 Å². The van der Waals surface area contributed by atoms with Crippen LogP contribution in [0.15, 0.2) is 0 Å². The van der Waals surface area contributed by atoms with Crippen LogP contribution in [0.1, 0.15) is 40.0 Å². The Balaban J connectivity index is 2.42. The predicted octanol–water partition coefficient (Wildman–Crippen LogP) is 2.10. The molecule has 1 saturated carbocycles. The number of rotatable bonds is 4. The van der Waals surface area contributed by atoms with Gasteiger partial charge in [-0.2, -0.15) is 0 Å². The van der Waals surface area contributed by atoms with E-state index in [-0.39, 0.29) is 0 Å². The summed E-state index contributed by atoms with van der Waals surface area (Å²) in [4.78, 5) is 2.57. The molecule has 0 aliphatic heterocycles. The van der Waals surface area contributed by atoms with E-state index in [9.17, 15) is 0 Å². The molecular formula is C12H26N2. The summed E-state index contributed by atoms with van der Waals surface area (Å²) in [5.41, 5.74) is 0. The molecule has 2 nitrogen and oxygen atoms in total. The van der Waals surface area contributed by atoms with Gasteiger partial charge in [0.15, 0.2) is 0 Å². The molecule has 0 heterocycles. The van der Waals surface area contributed by atoms with Gasteiger partial charge in [-0.1, -0.05) is 13.8 Å². The quantitative estimate of drug-likeness (QED) is 0.744. The van der Waals surface area contributed by atoms with Gasteiger partial charge in [-0.05, 0) is 46.2 Å². The monoisotopic (exact) mass is 198 g/mol. The highest BCUT2D eigenvalue weighted by Gasteiger charge is 2.29. The second-order valence-electron chi connectivity index (χ2n) is 5.10. The second kappa shape index (κ2) is 5.13. The zero-order valence-corrected chi connectivity index (χ0v) is 10.4. The van der Waals surface area contributed by atoms with Gasteiger partial charge < -0.3 is 10.2 Å². The Morgan fingerprint density at radius 1 is 1.21 bits per heavy atom. The molecule has 0 radical (unpaired) electrons. The summed E-state index contributed by atoms with van der Waals surface area (Å²) < 4.78 is 0. The Hall–Kier alpha value is -0.0800. The van der Waals surface area contributed by atoms with E-state index in [0.717, 1.165) is 18.0 Å². The van der Waals surface area contributed by atoms with Crippen LogP contribution in [0.3, 0.4) is 0 Å². The van der Waals surface area contributed by atoms with Crippen LogP contribution in [0.5, 0.6) is 0 Å². The minimum Gasteiger partial charge on any atom is -0.317 e. The van der Waals surface area contributed by atoms with E-state index in [4.69, 9.17) is 0 Å². The van der Waals surface area contributed by atoms with E-state index in [1.807, 2.05) is 0 Å². The molecule has 0 saturated heterocycles. The molecule has 1 fully saturated rings. The van der Waals surface area contributed by atoms with E-state index in [2.05, 4.69) is 45.1 Å². The number of hydrogen-bond acceptors (Lipinski definition) is 2. The lowest BCUT2D eigenvalue weighted by Crippen LogP contribution is -2.40. The second-order valence-corrected chi connectivity index (χ2v) is 5.10. The summed E-state index contributed by atoms with van der Waals surface area (Å²) in [6.45, 7) is 6.97. The van der Waals surface area contributed by atoms with Crippen molar-refractivity contribution in [3.63, 3.8) is 0 Å². The van der Waals surface area contributed by atoms with Crippen molar-refractivity contribution < 1.29 is 0 Å². The summed E-state index contributed by atoms with van der Waals surface area (Å²) in [7, 11) is 4.37. The van der Waals surface area contributed by atoms with Gasteiger partial charge in [0.1, 0.15) is 0 Å². The first-order valence-corrected chi connectivity index (χ1v) is 5.95. The first-order chi connectivity index (χ1) is 6.56. The molecule has 0 bridgehead atoms. The fraction of sp³-hybridized carbons (Fsp3) is 1.00. The maximum atomic E-state index is 3.39. The van der Waals surface area contributed by atoms with Crippen molar-refractivity contribution in [3.05, 3.63) is 0 Å². The molecule has 0 spiro atoms. The lowest BCUT2D eigenvalue weighted by Gasteiger charge is -2.33. The first kappa shape index (κ1) is 12.0. The normalized spacial score (nSPS) is 30.2. The smallest absolute Gasteiger partial charge is 0.0110 e. The molecule has 1 rings (SSSR count). The molecule has 1 N–H and O–H groups in total. The van der Waals surface area contributed by atoms with Crippen LogP contribution in [-0.2, 0) is 0 Å². The third kappa shape index (κ3) is 2.71. The number of nitrogens with zero attached hydrogens (tertiary/aromatic N) is 1. The Bertz CT molecular complexity index is 168. The predicted molar refractivity (Wildman–Crippen MR) is 62.5 cm³/mol. The molecule has 84 valence electrons. The molecule has 0 aromatic rings. The lowest BCUT2D eigenvalue weighted by atomic mass is 10.0. The number of hydrogen-bond donors (Lipinski definition) is 1. The average Bonchev–Trinajstić information content (AvgIpc) is 2.63. The Labute approximate surface area is 89.1 Å². The Kier molecular flexibility index (Phi) is 4.39. The van der Waals surface area contributed by atoms with Crippen LogP contribution in [0.25, 0.3) is 0 Å². The highest BCUT2D eigenvalue weighted by molar-refractivity contribution is 4.87. The third-order valence-electron chi connectivity index (χ3n) is 4.00. The van der Waals surface area contributed by atoms with Gasteiger partial charge in [0.2, 0.25) is 0 Å². The summed E-state index contributed by atoms with van der Waals surface area (Å²) in [6, 6.07) is 2.25. The number of nitrogens with one attached hydrogen (secondary N) is 1. The SMILES string of the molecule is CNC1CCC(N(C)C(C)C(C)C)C1. The van der Waals surface area contributed by atoms with Gasteiger partial charge in [0.25, 0.3) is 0 Å². The summed E-state index contributed by atoms with van der Waals surface area (Å²) in [5, 5.41) is 3.39. The molecule has 3 unspecified atom stereocenters. The highest BCUT2D eigenvalue weighted by Crippen LogP contribution is 2.25. The van der Waals surface area contributed by atoms with E-state index in [0.29, 0.717) is 6.04 Å². The Morgan fingerprint density at radius 3 is 2.29 bits per heavy atom. The lowest BCUT2D eigenvalue weighted by molar-refractivity contribution is 0.148. The summed E-state index contributed by atoms with van der Waals surface area (Å²) in [6.07, 6.45) is 4.03. The maximum absolute atomic E-state index is 3.39. The van der Waals surface area contributed by atoms with Crippen molar-refractivity contribution in [2.24, 2.45) is 5.92 Å². The maximum Gasteiger partial charge on any atom is 0.0110 e. The molecule has 1 aliphatic carbocycles. The highest BCUT2D eigenvalue weighted by atomic mass is 15.2. The Morgan fingerprint density at radius 2 is 1.86 bits per heavy atom. The molecule has 1 aliphatic rings. The van der Waals surface area contributed by atoms with Crippen molar-refractivity contribution in [2.45, 2.75) is 58.2 Å². The van der Waals surface area contributed by atoms with E-state index < -0.39 is 0 Å². The zero-order chi connectivity index (χ0) is 10.7. The van der Waals surface area contributed by atoms with Crippen LogP contribution in [0, 0.1) is 5.92 Å². The summed E-state index contributed by atoms with van der Waals surface area (Å²) in [5.74, 6) is 0.758. The minimum atomic E-state index is 0.704. The molecule has 3 atom stereocenters. The molecule has 0 amide bonds. The minimum absolute atomic E-state index is 0.704. The largest absolute Gasteiger partial charge is 0.317 e. The van der Waals surface area contributed by atoms with Crippen LogP contribution in [-0.4, -0.2) is 37.1 Å². The van der Waals surface area contributed by atoms with Crippen LogP contribution < -0.4 is 5.32 Å². The standard InChI is InChI=1S/C12H26N2/c1-9(2)10(3)14(5)12-7-6-11(8-12)13-4/h9-13H,6-8H2,1-5H3. The molecule has 0 aromatic heterocycles. The van der Waals surface area contributed by atoms with E-state index in [1.54, 1.807) is 0 Å². The molecule has 2 heteroatoms. The van der Waals surface area contributed by atoms with Gasteiger partial charge in [-0.3, -0.25) is 0 Å². The van der Waals surface area contributed by atoms with Gasteiger partial charge in [0.05, 0.1) is 0 Å². The fourth-order valence-electron chi connectivity index (χ4n) is 2.39. The third-order valence-corrected chi connectivity index (χ3v) is 4.00. The van der Waals surface area contributed by atoms with Gasteiger partial charge in [0, 0.05) is 18.1 Å². The van der Waals surface area contributed by atoms with E-state index >= 15 is 0 Å². The molecular weight excluding hydrogens is 172 g/mol. The van der Waals surface area contributed by atoms with Crippen LogP contribution >= 0.6 is 0 Å². The topological polar surface area (TPSA) is 15.3 Å². The van der Waals surface area contributed by atoms with Gasteiger partial charge >= 0.3 is 0 Å². The van der Waals surface area contributed by atoms with Crippen molar-refractivity contribution >= 4 is 0 Å². The first-order valence-electron chi connectivity index (χ1n) is 5.95. The summed E-state index contributed by atoms with van der Waals surface area (Å²) >= 11 is 0. The zero-order valence-electron chi connectivity index (χ0n) is 10.4. The van der Waals surface area contributed by atoms with Gasteiger partial charge in [-0.15, -0.1) is 0 Å². The molecule has 14 heavy (non-hydrogen) atoms. The van der Waals surface area contributed by atoms with Crippen molar-refractivity contribution in [2.75, 3.05) is 14.1 Å². The van der Waals surface area contributed by atoms with Crippen molar-refractivity contribution in [1.82, 2.24) is 10.2 Å². The van der Waals surface area contributed by atoms with E-state index in [1.165, 1.54) is 19.3 Å². The van der Waals surface area contributed by atoms with Crippen molar-refractivity contribution in [3.8, 4) is 0 Å². The molecule has 0 aromatic carbocycles. The van der Waals surface area contributed by atoms with Crippen LogP contribution in [0.2, 0.25) is 0 Å². The van der Waals surface area contributed by atoms with Crippen LogP contribution in [0.4, 0.5) is 0 Å². The fourth-order valence-corrected chi connectivity index (χ4v) is 2.39. The van der Waals surface area contributed by atoms with Crippen molar-refractivity contribution in [1.29, 1.82) is 0 Å².